The Balaban J connectivity index is 1.25. The van der Waals surface area contributed by atoms with Gasteiger partial charge in [0.2, 0.25) is 0 Å². The Morgan fingerprint density at radius 1 is 0.851 bits per heavy atom. The number of anilines is 3. The first-order chi connectivity index (χ1) is 22.9. The lowest BCUT2D eigenvalue weighted by molar-refractivity contribution is -0.138. The van der Waals surface area contributed by atoms with Gasteiger partial charge in [0.25, 0.3) is 5.91 Å². The van der Waals surface area contributed by atoms with Gasteiger partial charge in [-0.2, -0.15) is 0 Å². The third kappa shape index (κ3) is 7.41. The molecule has 1 aliphatic heterocycles. The highest BCUT2D eigenvalue weighted by atomic mass is 16.4. The van der Waals surface area contributed by atoms with Crippen LogP contribution < -0.4 is 15.5 Å². The van der Waals surface area contributed by atoms with E-state index in [1.807, 2.05) is 85.9 Å². The predicted octanol–water partition coefficient (Wildman–Crippen LogP) is 6.22. The Hall–Kier alpha value is -5.70. The van der Waals surface area contributed by atoms with E-state index >= 15 is 0 Å². The highest BCUT2D eigenvalue weighted by molar-refractivity contribution is 5.94. The van der Waals surface area contributed by atoms with Gasteiger partial charge in [-0.25, -0.2) is 4.98 Å². The van der Waals surface area contributed by atoms with E-state index in [-0.39, 0.29) is 18.9 Å². The van der Waals surface area contributed by atoms with Crippen LogP contribution in [0.4, 0.5) is 17.2 Å². The van der Waals surface area contributed by atoms with Gasteiger partial charge in [0.05, 0.1) is 29.4 Å². The summed E-state index contributed by atoms with van der Waals surface area (Å²) in [7, 11) is 0. The number of hydrogen-bond acceptors (Lipinski definition) is 7. The largest absolute Gasteiger partial charge is 0.481 e. The number of carbonyl (C=O) groups excluding carboxylic acids is 1. The van der Waals surface area contributed by atoms with Crippen LogP contribution in [0, 0.1) is 6.92 Å². The number of carboxylic acid groups (broad SMARTS) is 1. The molecule has 0 aliphatic carbocycles. The first kappa shape index (κ1) is 31.3. The number of aromatic nitrogens is 2. The number of carbonyl (C=O) groups is 2. The maximum atomic E-state index is 14.0. The molecule has 47 heavy (non-hydrogen) atoms. The zero-order valence-electron chi connectivity index (χ0n) is 26.4. The second-order valence-corrected chi connectivity index (χ2v) is 11.8. The minimum absolute atomic E-state index is 0.210. The molecule has 3 aromatic carbocycles. The fraction of sp³-hybridized carbons (Fsp3) is 0.211. The molecular formula is C38H38N6O3. The number of amides is 1. The number of piperazine rings is 1. The molecule has 0 spiro atoms. The number of aryl methyl sites for hydroxylation is 1. The molecular weight excluding hydrogens is 588 g/mol. The lowest BCUT2D eigenvalue weighted by Crippen LogP contribution is -2.47. The maximum absolute atomic E-state index is 14.0. The van der Waals surface area contributed by atoms with Crippen LogP contribution in [-0.4, -0.2) is 58.0 Å². The molecule has 1 saturated heterocycles. The van der Waals surface area contributed by atoms with Gasteiger partial charge in [-0.1, -0.05) is 60.2 Å². The Bertz CT molecular complexity index is 1820. The lowest BCUT2D eigenvalue weighted by Gasteiger charge is -2.37. The van der Waals surface area contributed by atoms with E-state index in [0.717, 1.165) is 65.5 Å². The number of nitrogen functional groups attached to an aromatic ring is 1. The standard InChI is InChI=1S/C38H38N6O3/c1-27-10-12-29(13-11-27)35(24-37(45)46)44(38(47)32-8-5-16-40-25-32)26-28-6-4-7-30(22-28)31-14-15-34(33(39)23-31)42-18-20-43(21-19-42)36-9-2-3-17-41-36/h2-17,22-23,25,35H,18-21,24,26,39H2,1H3,(H,45,46). The van der Waals surface area contributed by atoms with E-state index in [4.69, 9.17) is 5.73 Å². The molecule has 3 N–H and O–H groups in total. The molecule has 3 heterocycles. The van der Waals surface area contributed by atoms with Crippen LogP contribution >= 0.6 is 0 Å². The predicted molar refractivity (Wildman–Crippen MR) is 185 cm³/mol. The molecule has 6 rings (SSSR count). The van der Waals surface area contributed by atoms with E-state index < -0.39 is 12.0 Å². The average Bonchev–Trinajstić information content (AvgIpc) is 3.11. The topological polar surface area (TPSA) is 116 Å². The highest BCUT2D eigenvalue weighted by Crippen LogP contribution is 2.33. The van der Waals surface area contributed by atoms with Crippen LogP contribution in [-0.2, 0) is 11.3 Å². The molecule has 1 aliphatic rings. The summed E-state index contributed by atoms with van der Waals surface area (Å²) in [6.07, 6.45) is 4.71. The number of carboxylic acids is 1. The van der Waals surface area contributed by atoms with Gasteiger partial charge in [-0.3, -0.25) is 14.6 Å². The highest BCUT2D eigenvalue weighted by Gasteiger charge is 2.29. The summed E-state index contributed by atoms with van der Waals surface area (Å²) in [5, 5.41) is 9.90. The number of benzene rings is 3. The molecule has 238 valence electrons. The van der Waals surface area contributed by atoms with Gasteiger partial charge in [0.15, 0.2) is 0 Å². The van der Waals surface area contributed by atoms with Gasteiger partial charge in [-0.05, 0) is 71.6 Å². The number of nitrogens with two attached hydrogens (primary N) is 1. The van der Waals surface area contributed by atoms with Gasteiger partial charge in [0.1, 0.15) is 5.82 Å². The second-order valence-electron chi connectivity index (χ2n) is 11.8. The SMILES string of the molecule is Cc1ccc(C(CC(=O)O)N(Cc2cccc(-c3ccc(N4CCN(c5ccccn5)CC4)c(N)c3)c2)C(=O)c2cccnc2)cc1. The van der Waals surface area contributed by atoms with Crippen molar-refractivity contribution < 1.29 is 14.7 Å². The molecule has 5 aromatic rings. The Labute approximate surface area is 274 Å². The molecule has 0 saturated carbocycles. The monoisotopic (exact) mass is 626 g/mol. The molecule has 2 aromatic heterocycles. The second kappa shape index (κ2) is 14.2. The molecule has 0 bridgehead atoms. The number of hydrogen-bond donors (Lipinski definition) is 2. The quantitative estimate of drug-likeness (QED) is 0.176. The van der Waals surface area contributed by atoms with Gasteiger partial charge >= 0.3 is 5.97 Å². The van der Waals surface area contributed by atoms with Gasteiger partial charge < -0.3 is 25.5 Å². The van der Waals surface area contributed by atoms with Crippen molar-refractivity contribution in [2.45, 2.75) is 25.9 Å². The minimum Gasteiger partial charge on any atom is -0.481 e. The van der Waals surface area contributed by atoms with Crippen LogP contribution in [0.2, 0.25) is 0 Å². The zero-order valence-corrected chi connectivity index (χ0v) is 26.4. The Morgan fingerprint density at radius 2 is 1.62 bits per heavy atom. The Kier molecular flexibility index (Phi) is 9.43. The lowest BCUT2D eigenvalue weighted by atomic mass is 9.97. The third-order valence-electron chi connectivity index (χ3n) is 8.61. The number of aliphatic carboxylic acids is 1. The summed E-state index contributed by atoms with van der Waals surface area (Å²) in [6, 6.07) is 30.5. The maximum Gasteiger partial charge on any atom is 0.305 e. The van der Waals surface area contributed by atoms with E-state index in [1.165, 1.54) is 6.20 Å². The minimum atomic E-state index is -0.984. The number of pyridine rings is 2. The van der Waals surface area contributed by atoms with Crippen molar-refractivity contribution in [1.29, 1.82) is 0 Å². The van der Waals surface area contributed by atoms with Crippen LogP contribution in [0.25, 0.3) is 11.1 Å². The average molecular weight is 627 g/mol. The van der Waals surface area contributed by atoms with Gasteiger partial charge in [0, 0.05) is 51.3 Å². The first-order valence-corrected chi connectivity index (χ1v) is 15.7. The fourth-order valence-electron chi connectivity index (χ4n) is 6.13. The summed E-state index contributed by atoms with van der Waals surface area (Å²) in [5.74, 6) is -0.279. The summed E-state index contributed by atoms with van der Waals surface area (Å²) in [4.78, 5) is 40.9. The van der Waals surface area contributed by atoms with Crippen molar-refractivity contribution in [1.82, 2.24) is 14.9 Å². The molecule has 1 fully saturated rings. The van der Waals surface area contributed by atoms with E-state index in [0.29, 0.717) is 11.3 Å². The molecule has 1 atom stereocenters. The summed E-state index contributed by atoms with van der Waals surface area (Å²) in [6.45, 7) is 5.59. The van der Waals surface area contributed by atoms with Gasteiger partial charge in [-0.15, -0.1) is 0 Å². The Morgan fingerprint density at radius 3 is 2.30 bits per heavy atom. The van der Waals surface area contributed by atoms with Crippen LogP contribution in [0.1, 0.15) is 39.5 Å². The molecule has 1 unspecified atom stereocenters. The summed E-state index contributed by atoms with van der Waals surface area (Å²) >= 11 is 0. The van der Waals surface area contributed by atoms with Crippen LogP contribution in [0.5, 0.6) is 0 Å². The molecule has 9 nitrogen and oxygen atoms in total. The first-order valence-electron chi connectivity index (χ1n) is 15.7. The molecule has 0 radical (unpaired) electrons. The van der Waals surface area contributed by atoms with Crippen molar-refractivity contribution in [3.63, 3.8) is 0 Å². The van der Waals surface area contributed by atoms with E-state index in [1.54, 1.807) is 23.2 Å². The zero-order chi connectivity index (χ0) is 32.8. The van der Waals surface area contributed by atoms with E-state index in [2.05, 4.69) is 31.9 Å². The van der Waals surface area contributed by atoms with Crippen molar-refractivity contribution >= 4 is 29.1 Å². The van der Waals surface area contributed by atoms with Crippen LogP contribution in [0.15, 0.2) is 116 Å². The molecule has 1 amide bonds. The van der Waals surface area contributed by atoms with Crippen molar-refractivity contribution in [2.24, 2.45) is 0 Å². The van der Waals surface area contributed by atoms with Crippen molar-refractivity contribution in [3.05, 3.63) is 138 Å². The fourth-order valence-corrected chi connectivity index (χ4v) is 6.13. The third-order valence-corrected chi connectivity index (χ3v) is 8.61. The smallest absolute Gasteiger partial charge is 0.305 e. The normalized spacial score (nSPS) is 13.6. The number of nitrogens with zero attached hydrogens (tertiary/aromatic N) is 5. The summed E-state index contributed by atoms with van der Waals surface area (Å²) in [5.41, 5.74) is 13.4. The summed E-state index contributed by atoms with van der Waals surface area (Å²) < 4.78 is 0. The van der Waals surface area contributed by atoms with Crippen molar-refractivity contribution in [2.75, 3.05) is 41.7 Å². The molecule has 9 heteroatoms. The number of rotatable bonds is 10. The van der Waals surface area contributed by atoms with Crippen LogP contribution in [0.3, 0.4) is 0 Å². The van der Waals surface area contributed by atoms with Crippen molar-refractivity contribution in [3.8, 4) is 11.1 Å². The van der Waals surface area contributed by atoms with E-state index in [9.17, 15) is 14.7 Å².